The molecule has 0 spiro atoms. The van der Waals surface area contributed by atoms with Crippen LogP contribution in [-0.4, -0.2) is 24.0 Å². The van der Waals surface area contributed by atoms with Crippen LogP contribution in [-0.2, 0) is 0 Å². The number of halogens is 10. The zero-order valence-electron chi connectivity index (χ0n) is 17.6. The van der Waals surface area contributed by atoms with Crippen LogP contribution in [0.4, 0.5) is 26.3 Å². The molecule has 1 aliphatic rings. The number of carbonyl (C=O) groups excluding carboxylic acids is 1. The Morgan fingerprint density at radius 2 is 1.57 bits per heavy atom. The van der Waals surface area contributed by atoms with E-state index in [0.29, 0.717) is 6.08 Å². The summed E-state index contributed by atoms with van der Waals surface area (Å²) >= 11 is 23.5. The van der Waals surface area contributed by atoms with Crippen LogP contribution in [0.25, 0.3) is 5.83 Å². The first-order chi connectivity index (χ1) is 16.2. The normalized spacial score (nSPS) is 17.8. The third-order valence-corrected chi connectivity index (χ3v) is 7.08. The minimum absolute atomic E-state index is 0.0656. The maximum Gasteiger partial charge on any atom is 0.399 e. The molecule has 1 unspecified atom stereocenters. The van der Waals surface area contributed by atoms with Gasteiger partial charge in [0.05, 0.1) is 25.7 Å². The van der Waals surface area contributed by atoms with Gasteiger partial charge in [0.25, 0.3) is 5.91 Å². The quantitative estimate of drug-likeness (QED) is 0.278. The van der Waals surface area contributed by atoms with Gasteiger partial charge in [0.2, 0.25) is 5.92 Å². The average molecular weight is 579 g/mol. The van der Waals surface area contributed by atoms with E-state index in [1.807, 2.05) is 0 Å². The molecule has 2 nitrogen and oxygen atoms in total. The number of nitrogens with one attached hydrogen (secondary N) is 1. The van der Waals surface area contributed by atoms with Crippen molar-refractivity contribution in [2.75, 3.05) is 0 Å². The zero-order valence-corrected chi connectivity index (χ0v) is 20.7. The van der Waals surface area contributed by atoms with Gasteiger partial charge in [-0.05, 0) is 48.7 Å². The highest BCUT2D eigenvalue weighted by molar-refractivity contribution is 6.48. The van der Waals surface area contributed by atoms with Crippen molar-refractivity contribution in [3.05, 3.63) is 73.2 Å². The standard InChI is InChI=1S/C23H17Cl4F6NO/c24-16-7-11(1-2-14(16)21(35)34-13-3-5-22(29,30)6-4-13)19(28)10-15(23(31,32)33)12-8-17(25)20(27)18(26)9-12/h1-2,7-10,13,15H,3-6H2,(H,34,35)/b19-10-. The number of hydrogen-bond donors (Lipinski definition) is 1. The predicted molar refractivity (Wildman–Crippen MR) is 125 cm³/mol. The molecular formula is C23H17Cl4F6NO. The van der Waals surface area contributed by atoms with Crippen LogP contribution in [0.15, 0.2) is 36.4 Å². The Morgan fingerprint density at radius 1 is 1.00 bits per heavy atom. The Bertz CT molecular complexity index is 1120. The molecule has 1 atom stereocenters. The van der Waals surface area contributed by atoms with Crippen molar-refractivity contribution in [2.45, 2.75) is 49.7 Å². The molecular weight excluding hydrogens is 562 g/mol. The van der Waals surface area contributed by atoms with Gasteiger partial charge in [-0.3, -0.25) is 4.79 Å². The minimum Gasteiger partial charge on any atom is -0.349 e. The third-order valence-electron chi connectivity index (χ3n) is 5.57. The minimum atomic E-state index is -4.89. The lowest BCUT2D eigenvalue weighted by Crippen LogP contribution is -2.40. The Hall–Kier alpha value is -1.61. The monoisotopic (exact) mass is 577 g/mol. The molecule has 0 bridgehead atoms. The molecule has 2 aromatic rings. The van der Waals surface area contributed by atoms with Crippen molar-refractivity contribution >= 4 is 58.1 Å². The predicted octanol–water partition coefficient (Wildman–Crippen LogP) is 9.26. The first-order valence-electron chi connectivity index (χ1n) is 10.2. The molecule has 1 saturated carbocycles. The summed E-state index contributed by atoms with van der Waals surface area (Å²) in [5, 5.41) is 1.80. The molecule has 1 N–H and O–H groups in total. The summed E-state index contributed by atoms with van der Waals surface area (Å²) in [6.07, 6.45) is -5.09. The molecule has 2 aromatic carbocycles. The summed E-state index contributed by atoms with van der Waals surface area (Å²) in [7, 11) is 0. The van der Waals surface area contributed by atoms with Crippen LogP contribution >= 0.6 is 46.4 Å². The zero-order chi connectivity index (χ0) is 26.1. The lowest BCUT2D eigenvalue weighted by molar-refractivity contribution is -0.139. The number of alkyl halides is 5. The molecule has 35 heavy (non-hydrogen) atoms. The van der Waals surface area contributed by atoms with E-state index in [4.69, 9.17) is 46.4 Å². The highest BCUT2D eigenvalue weighted by atomic mass is 35.5. The van der Waals surface area contributed by atoms with Crippen molar-refractivity contribution in [3.63, 3.8) is 0 Å². The van der Waals surface area contributed by atoms with Crippen LogP contribution in [0.3, 0.4) is 0 Å². The largest absolute Gasteiger partial charge is 0.399 e. The van der Waals surface area contributed by atoms with Gasteiger partial charge < -0.3 is 5.32 Å². The van der Waals surface area contributed by atoms with E-state index in [0.717, 1.165) is 30.3 Å². The number of hydrogen-bond acceptors (Lipinski definition) is 1. The molecule has 3 rings (SSSR count). The fourth-order valence-electron chi connectivity index (χ4n) is 3.67. The fourth-order valence-corrected chi connectivity index (χ4v) is 4.55. The van der Waals surface area contributed by atoms with Gasteiger partial charge in [0, 0.05) is 24.4 Å². The van der Waals surface area contributed by atoms with E-state index in [1.165, 1.54) is 0 Å². The van der Waals surface area contributed by atoms with Crippen molar-refractivity contribution in [2.24, 2.45) is 0 Å². The van der Waals surface area contributed by atoms with Crippen LogP contribution in [0.1, 0.15) is 53.1 Å². The van der Waals surface area contributed by atoms with Gasteiger partial charge >= 0.3 is 6.18 Å². The first-order valence-corrected chi connectivity index (χ1v) is 11.8. The van der Waals surface area contributed by atoms with E-state index in [9.17, 15) is 31.1 Å². The van der Waals surface area contributed by atoms with Crippen LogP contribution < -0.4 is 5.32 Å². The van der Waals surface area contributed by atoms with E-state index >= 15 is 0 Å². The molecule has 0 heterocycles. The van der Waals surface area contributed by atoms with Gasteiger partial charge in [-0.2, -0.15) is 13.2 Å². The molecule has 0 saturated heterocycles. The van der Waals surface area contributed by atoms with Gasteiger partial charge in [-0.15, -0.1) is 0 Å². The van der Waals surface area contributed by atoms with E-state index in [2.05, 4.69) is 5.32 Å². The van der Waals surface area contributed by atoms with E-state index in [-0.39, 0.29) is 56.9 Å². The summed E-state index contributed by atoms with van der Waals surface area (Å²) in [4.78, 5) is 12.5. The average Bonchev–Trinajstić information content (AvgIpc) is 2.75. The number of amides is 1. The maximum absolute atomic E-state index is 14.9. The van der Waals surface area contributed by atoms with Gasteiger partial charge in [-0.1, -0.05) is 52.5 Å². The lowest BCUT2D eigenvalue weighted by Gasteiger charge is -2.28. The fraction of sp³-hybridized carbons (Fsp3) is 0.348. The summed E-state index contributed by atoms with van der Waals surface area (Å²) in [5.41, 5.74) is -0.791. The number of rotatable bonds is 5. The second kappa shape index (κ2) is 10.8. The lowest BCUT2D eigenvalue weighted by atomic mass is 9.92. The van der Waals surface area contributed by atoms with E-state index < -0.39 is 41.4 Å². The SMILES string of the molecule is O=C(NC1CCC(F)(F)CC1)c1ccc(/C(F)=C/C(c2cc(Cl)c(Cl)c(Cl)c2)C(F)(F)F)cc1Cl. The molecule has 1 aliphatic carbocycles. The highest BCUT2D eigenvalue weighted by Crippen LogP contribution is 2.42. The van der Waals surface area contributed by atoms with Gasteiger partial charge in [-0.25, -0.2) is 13.2 Å². The molecule has 12 heteroatoms. The van der Waals surface area contributed by atoms with Crippen LogP contribution in [0.2, 0.25) is 20.1 Å². The maximum atomic E-state index is 14.9. The van der Waals surface area contributed by atoms with Crippen molar-refractivity contribution in [3.8, 4) is 0 Å². The summed E-state index contributed by atoms with van der Waals surface area (Å²) in [5.74, 6) is -7.07. The molecule has 0 radical (unpaired) electrons. The van der Waals surface area contributed by atoms with Gasteiger partial charge in [0.1, 0.15) is 11.7 Å². The van der Waals surface area contributed by atoms with Crippen molar-refractivity contribution < 1.29 is 31.1 Å². The van der Waals surface area contributed by atoms with Crippen molar-refractivity contribution in [1.29, 1.82) is 0 Å². The number of carbonyl (C=O) groups is 1. The molecule has 190 valence electrons. The Kier molecular flexibility index (Phi) is 8.62. The Morgan fingerprint density at radius 3 is 2.09 bits per heavy atom. The molecule has 0 aromatic heterocycles. The summed E-state index contributed by atoms with van der Waals surface area (Å²) in [6, 6.07) is 4.67. The second-order valence-electron chi connectivity index (χ2n) is 8.13. The second-order valence-corrected chi connectivity index (χ2v) is 9.73. The summed E-state index contributed by atoms with van der Waals surface area (Å²) < 4.78 is 82.6. The van der Waals surface area contributed by atoms with Gasteiger partial charge in [0.15, 0.2) is 0 Å². The van der Waals surface area contributed by atoms with Crippen LogP contribution in [0.5, 0.6) is 0 Å². The Labute approximate surface area is 217 Å². The van der Waals surface area contributed by atoms with E-state index in [1.54, 1.807) is 0 Å². The highest BCUT2D eigenvalue weighted by Gasteiger charge is 2.40. The molecule has 0 aliphatic heterocycles. The third kappa shape index (κ3) is 7.00. The molecule has 1 fully saturated rings. The Balaban J connectivity index is 1.83. The number of allylic oxidation sites excluding steroid dienone is 1. The topological polar surface area (TPSA) is 29.1 Å². The first kappa shape index (κ1) is 28.0. The number of benzene rings is 2. The smallest absolute Gasteiger partial charge is 0.349 e. The molecule has 1 amide bonds. The summed E-state index contributed by atoms with van der Waals surface area (Å²) in [6.45, 7) is 0. The van der Waals surface area contributed by atoms with Crippen LogP contribution in [0, 0.1) is 0 Å². The van der Waals surface area contributed by atoms with Crippen molar-refractivity contribution in [1.82, 2.24) is 5.32 Å².